The van der Waals surface area contributed by atoms with E-state index >= 15 is 0 Å². The van der Waals surface area contributed by atoms with E-state index in [4.69, 9.17) is 19.6 Å². The molecule has 13 heavy (non-hydrogen) atoms. The van der Waals surface area contributed by atoms with E-state index in [0.29, 0.717) is 26.2 Å². The first kappa shape index (κ1) is 12.6. The van der Waals surface area contributed by atoms with Gasteiger partial charge < -0.3 is 19.6 Å². The fourth-order valence-corrected chi connectivity index (χ4v) is 1.09. The van der Waals surface area contributed by atoms with Crippen molar-refractivity contribution < 1.29 is 14.2 Å². The van der Waals surface area contributed by atoms with Crippen LogP contribution in [0.5, 0.6) is 0 Å². The summed E-state index contributed by atoms with van der Waals surface area (Å²) in [6.07, 6.45) is 1.56. The number of hydrogen-bond donors (Lipinski definition) is 1. The second-order valence-corrected chi connectivity index (χ2v) is 2.39. The van der Waals surface area contributed by atoms with Crippen molar-refractivity contribution in [3.63, 3.8) is 0 Å². The van der Waals surface area contributed by atoms with Crippen molar-refractivity contribution in [2.45, 2.75) is 33.2 Å². The maximum absolute atomic E-state index is 7.03. The van der Waals surface area contributed by atoms with E-state index in [1.807, 2.05) is 20.8 Å². The first-order valence-electron chi connectivity index (χ1n) is 4.65. The molecule has 4 nitrogen and oxygen atoms in total. The molecule has 0 aromatic rings. The molecule has 0 saturated carbocycles. The molecule has 0 fully saturated rings. The minimum atomic E-state index is -1.04. The summed E-state index contributed by atoms with van der Waals surface area (Å²) in [5.74, 6) is -1.04. The van der Waals surface area contributed by atoms with Gasteiger partial charge in [0.05, 0.1) is 6.42 Å². The van der Waals surface area contributed by atoms with E-state index in [1.54, 1.807) is 0 Å². The fraction of sp³-hybridized carbons (Fsp3) is 0.889. The van der Waals surface area contributed by atoms with Gasteiger partial charge in [-0.3, -0.25) is 0 Å². The lowest BCUT2D eigenvalue weighted by molar-refractivity contribution is -0.372. The van der Waals surface area contributed by atoms with Crippen LogP contribution in [0, 0.1) is 5.41 Å². The molecular formula is C9H19NO3. The summed E-state index contributed by atoms with van der Waals surface area (Å²) in [5.41, 5.74) is 0. The quantitative estimate of drug-likeness (QED) is 0.468. The summed E-state index contributed by atoms with van der Waals surface area (Å²) < 4.78 is 16.1. The summed E-state index contributed by atoms with van der Waals surface area (Å²) >= 11 is 0. The molecule has 0 aliphatic carbocycles. The lowest BCUT2D eigenvalue weighted by atomic mass is 10.4. The van der Waals surface area contributed by atoms with Gasteiger partial charge in [0, 0.05) is 26.0 Å². The number of nitrogens with one attached hydrogen (secondary N) is 1. The van der Waals surface area contributed by atoms with Crippen molar-refractivity contribution in [1.29, 1.82) is 5.41 Å². The Labute approximate surface area is 79.7 Å². The molecule has 0 radical (unpaired) electrons. The third-order valence-corrected chi connectivity index (χ3v) is 1.44. The van der Waals surface area contributed by atoms with Gasteiger partial charge in [-0.05, 0) is 20.8 Å². The van der Waals surface area contributed by atoms with Gasteiger partial charge in [-0.15, -0.1) is 0 Å². The Morgan fingerprint density at radius 3 is 1.62 bits per heavy atom. The summed E-state index contributed by atoms with van der Waals surface area (Å²) in [4.78, 5) is 0. The molecule has 0 unspecified atom stereocenters. The average molecular weight is 189 g/mol. The lowest BCUT2D eigenvalue weighted by Crippen LogP contribution is -2.39. The maximum atomic E-state index is 7.03. The summed E-state index contributed by atoms with van der Waals surface area (Å²) in [7, 11) is 0. The van der Waals surface area contributed by atoms with Crippen molar-refractivity contribution >= 4 is 6.21 Å². The highest BCUT2D eigenvalue weighted by molar-refractivity contribution is 5.53. The molecule has 0 rings (SSSR count). The monoisotopic (exact) mass is 189 g/mol. The number of hydrogen-bond acceptors (Lipinski definition) is 4. The van der Waals surface area contributed by atoms with Crippen molar-refractivity contribution in [1.82, 2.24) is 0 Å². The van der Waals surface area contributed by atoms with Crippen molar-refractivity contribution in [3.8, 4) is 0 Å². The topological polar surface area (TPSA) is 51.5 Å². The summed E-state index contributed by atoms with van der Waals surface area (Å²) in [6, 6.07) is 0. The first-order chi connectivity index (χ1) is 6.24. The van der Waals surface area contributed by atoms with E-state index in [-0.39, 0.29) is 0 Å². The molecule has 0 amide bonds. The van der Waals surface area contributed by atoms with E-state index in [9.17, 15) is 0 Å². The largest absolute Gasteiger partial charge is 0.327 e. The van der Waals surface area contributed by atoms with E-state index in [0.717, 1.165) is 0 Å². The normalized spacial score (nSPS) is 11.6. The zero-order chi connectivity index (χ0) is 10.2. The highest BCUT2D eigenvalue weighted by Gasteiger charge is 2.30. The predicted octanol–water partition coefficient (Wildman–Crippen LogP) is 1.79. The van der Waals surface area contributed by atoms with Gasteiger partial charge in [0.2, 0.25) is 0 Å². The summed E-state index contributed by atoms with van der Waals surface area (Å²) in [6.45, 7) is 7.14. The molecule has 0 aliphatic heterocycles. The predicted molar refractivity (Wildman–Crippen MR) is 51.0 cm³/mol. The second-order valence-electron chi connectivity index (χ2n) is 2.39. The van der Waals surface area contributed by atoms with Crippen LogP contribution in [0.4, 0.5) is 0 Å². The van der Waals surface area contributed by atoms with E-state index in [2.05, 4.69) is 0 Å². The van der Waals surface area contributed by atoms with Crippen LogP contribution < -0.4 is 0 Å². The SMILES string of the molecule is CCOC(CC=N)(OCC)OCC. The Kier molecular flexibility index (Phi) is 6.76. The van der Waals surface area contributed by atoms with Crippen LogP contribution in [-0.4, -0.2) is 32.0 Å². The van der Waals surface area contributed by atoms with Gasteiger partial charge in [0.1, 0.15) is 0 Å². The molecule has 0 bridgehead atoms. The standard InChI is InChI=1S/C9H19NO3/c1-4-11-9(7-8-10,12-5-2)13-6-3/h8,10H,4-7H2,1-3H3. The minimum absolute atomic E-state index is 0.322. The molecule has 0 atom stereocenters. The van der Waals surface area contributed by atoms with Crippen molar-refractivity contribution in [2.24, 2.45) is 0 Å². The van der Waals surface area contributed by atoms with Crippen molar-refractivity contribution in [3.05, 3.63) is 0 Å². The maximum Gasteiger partial charge on any atom is 0.288 e. The third-order valence-electron chi connectivity index (χ3n) is 1.44. The highest BCUT2D eigenvalue weighted by atomic mass is 16.9. The van der Waals surface area contributed by atoms with Gasteiger partial charge in [-0.1, -0.05) is 0 Å². The average Bonchev–Trinajstić information content (AvgIpc) is 2.06. The zero-order valence-corrected chi connectivity index (χ0v) is 8.63. The molecule has 78 valence electrons. The van der Waals surface area contributed by atoms with E-state index in [1.165, 1.54) is 6.21 Å². The Morgan fingerprint density at radius 1 is 1.00 bits per heavy atom. The number of ether oxygens (including phenoxy) is 3. The minimum Gasteiger partial charge on any atom is -0.327 e. The first-order valence-corrected chi connectivity index (χ1v) is 4.65. The Bertz CT molecular complexity index is 122. The van der Waals surface area contributed by atoms with Gasteiger partial charge in [-0.2, -0.15) is 0 Å². The molecule has 0 heterocycles. The molecule has 0 aliphatic rings. The Morgan fingerprint density at radius 2 is 1.38 bits per heavy atom. The van der Waals surface area contributed by atoms with Crippen LogP contribution in [0.2, 0.25) is 0 Å². The number of rotatable bonds is 8. The van der Waals surface area contributed by atoms with Gasteiger partial charge >= 0.3 is 0 Å². The van der Waals surface area contributed by atoms with Crippen LogP contribution in [0.25, 0.3) is 0 Å². The van der Waals surface area contributed by atoms with Crippen LogP contribution in [0.1, 0.15) is 27.2 Å². The van der Waals surface area contributed by atoms with Crippen LogP contribution in [0.15, 0.2) is 0 Å². The molecule has 0 saturated heterocycles. The van der Waals surface area contributed by atoms with Gasteiger partial charge in [0.25, 0.3) is 5.97 Å². The highest BCUT2D eigenvalue weighted by Crippen LogP contribution is 2.18. The van der Waals surface area contributed by atoms with Crippen LogP contribution in [-0.2, 0) is 14.2 Å². The third kappa shape index (κ3) is 4.36. The molecule has 0 aromatic carbocycles. The van der Waals surface area contributed by atoms with Crippen molar-refractivity contribution in [2.75, 3.05) is 19.8 Å². The van der Waals surface area contributed by atoms with Gasteiger partial charge in [-0.25, -0.2) is 0 Å². The molecule has 1 N–H and O–H groups in total. The van der Waals surface area contributed by atoms with Crippen LogP contribution in [0.3, 0.4) is 0 Å². The molecule has 0 aromatic heterocycles. The van der Waals surface area contributed by atoms with Gasteiger partial charge in [0.15, 0.2) is 0 Å². The fourth-order valence-electron chi connectivity index (χ4n) is 1.09. The molecule has 0 spiro atoms. The van der Waals surface area contributed by atoms with E-state index < -0.39 is 5.97 Å². The Balaban J connectivity index is 4.27. The lowest BCUT2D eigenvalue weighted by Gasteiger charge is -2.30. The second kappa shape index (κ2) is 7.00. The van der Waals surface area contributed by atoms with Crippen LogP contribution >= 0.6 is 0 Å². The summed E-state index contributed by atoms with van der Waals surface area (Å²) in [5, 5.41) is 7.03. The molecular weight excluding hydrogens is 170 g/mol. The Hall–Kier alpha value is -0.450. The smallest absolute Gasteiger partial charge is 0.288 e. The molecule has 4 heteroatoms. The zero-order valence-electron chi connectivity index (χ0n) is 8.63.